The molecule has 2 amide bonds. The first kappa shape index (κ1) is 16.0. The number of carboxylic acid groups (broad SMARTS) is 1. The molecule has 2 atom stereocenters. The summed E-state index contributed by atoms with van der Waals surface area (Å²) in [5, 5.41) is 12.2. The molecule has 2 saturated heterocycles. The Hall–Kier alpha value is -1.34. The summed E-state index contributed by atoms with van der Waals surface area (Å²) in [6.07, 6.45) is 1.07. The van der Waals surface area contributed by atoms with Crippen LogP contribution < -0.4 is 5.32 Å². The highest BCUT2D eigenvalue weighted by atomic mass is 16.5. The number of carbonyl (C=O) groups is 2. The zero-order valence-electron chi connectivity index (χ0n) is 12.8. The number of carboxylic acids is 1. The van der Waals surface area contributed by atoms with Gasteiger partial charge in [-0.15, -0.1) is 0 Å². The first-order valence-electron chi connectivity index (χ1n) is 7.53. The van der Waals surface area contributed by atoms with Crippen LogP contribution in [0.1, 0.15) is 19.8 Å². The van der Waals surface area contributed by atoms with E-state index in [1.165, 1.54) is 0 Å². The predicted molar refractivity (Wildman–Crippen MR) is 77.2 cm³/mol. The van der Waals surface area contributed by atoms with Crippen molar-refractivity contribution in [3.63, 3.8) is 0 Å². The van der Waals surface area contributed by atoms with Gasteiger partial charge in [0.1, 0.15) is 0 Å². The van der Waals surface area contributed by atoms with Crippen molar-refractivity contribution in [2.45, 2.75) is 25.9 Å². The molecule has 7 nitrogen and oxygen atoms in total. The number of carbonyl (C=O) groups excluding carboxylic acids is 1. The van der Waals surface area contributed by atoms with Gasteiger partial charge in [0.05, 0.1) is 18.1 Å². The van der Waals surface area contributed by atoms with E-state index in [1.54, 1.807) is 4.90 Å². The van der Waals surface area contributed by atoms with Crippen LogP contribution in [0.15, 0.2) is 0 Å². The molecule has 2 unspecified atom stereocenters. The lowest BCUT2D eigenvalue weighted by atomic mass is 9.84. The average Bonchev–Trinajstić information content (AvgIpc) is 2.91. The number of ether oxygens (including phenoxy) is 1. The Morgan fingerprint density at radius 3 is 2.76 bits per heavy atom. The van der Waals surface area contributed by atoms with Crippen LogP contribution in [-0.2, 0) is 9.53 Å². The minimum absolute atomic E-state index is 0.00529. The Labute approximate surface area is 125 Å². The molecule has 0 aromatic carbocycles. The van der Waals surface area contributed by atoms with Crippen LogP contribution >= 0.6 is 0 Å². The van der Waals surface area contributed by atoms with Crippen molar-refractivity contribution in [2.75, 3.05) is 46.4 Å². The SMILES string of the molecule is CCC1(C(=O)O)CCN(C(=O)NCC2CN(C)CCO2)C1. The topological polar surface area (TPSA) is 82.1 Å². The molecule has 2 heterocycles. The van der Waals surface area contributed by atoms with E-state index in [4.69, 9.17) is 4.74 Å². The van der Waals surface area contributed by atoms with Crippen LogP contribution in [-0.4, -0.2) is 79.4 Å². The fourth-order valence-corrected chi connectivity index (χ4v) is 2.96. The lowest BCUT2D eigenvalue weighted by Crippen LogP contribution is -2.49. The molecule has 2 aliphatic heterocycles. The monoisotopic (exact) mass is 299 g/mol. The Balaban J connectivity index is 1.80. The van der Waals surface area contributed by atoms with Crippen molar-refractivity contribution >= 4 is 12.0 Å². The number of likely N-dealkylation sites (tertiary alicyclic amines) is 1. The maximum atomic E-state index is 12.1. The van der Waals surface area contributed by atoms with Crippen molar-refractivity contribution in [3.8, 4) is 0 Å². The molecule has 21 heavy (non-hydrogen) atoms. The number of nitrogens with zero attached hydrogens (tertiary/aromatic N) is 2. The van der Waals surface area contributed by atoms with Crippen molar-refractivity contribution < 1.29 is 19.4 Å². The molecule has 2 aliphatic rings. The van der Waals surface area contributed by atoms with Gasteiger partial charge in [-0.1, -0.05) is 6.92 Å². The van der Waals surface area contributed by atoms with E-state index >= 15 is 0 Å². The fourth-order valence-electron chi connectivity index (χ4n) is 2.96. The highest BCUT2D eigenvalue weighted by Crippen LogP contribution is 2.34. The summed E-state index contributed by atoms with van der Waals surface area (Å²) < 4.78 is 5.59. The molecule has 0 radical (unpaired) electrons. The molecule has 0 aromatic heterocycles. The van der Waals surface area contributed by atoms with Gasteiger partial charge >= 0.3 is 12.0 Å². The third-order valence-corrected chi connectivity index (χ3v) is 4.59. The maximum Gasteiger partial charge on any atom is 0.317 e. The number of nitrogens with one attached hydrogen (secondary N) is 1. The minimum atomic E-state index is -0.808. The zero-order valence-corrected chi connectivity index (χ0v) is 12.8. The molecule has 7 heteroatoms. The molecule has 2 fully saturated rings. The lowest BCUT2D eigenvalue weighted by molar-refractivity contribution is -0.148. The third-order valence-electron chi connectivity index (χ3n) is 4.59. The van der Waals surface area contributed by atoms with E-state index in [9.17, 15) is 14.7 Å². The Bertz CT molecular complexity index is 404. The van der Waals surface area contributed by atoms with E-state index in [0.29, 0.717) is 32.5 Å². The molecule has 2 rings (SSSR count). The molecule has 0 saturated carbocycles. The van der Waals surface area contributed by atoms with Crippen molar-refractivity contribution in [2.24, 2.45) is 5.41 Å². The molecule has 120 valence electrons. The van der Waals surface area contributed by atoms with Crippen molar-refractivity contribution in [3.05, 3.63) is 0 Å². The van der Waals surface area contributed by atoms with Gasteiger partial charge in [0.25, 0.3) is 0 Å². The van der Waals surface area contributed by atoms with Crippen LogP contribution in [0, 0.1) is 5.41 Å². The summed E-state index contributed by atoms with van der Waals surface area (Å²) >= 11 is 0. The van der Waals surface area contributed by atoms with Gasteiger partial charge in [-0.25, -0.2) is 4.79 Å². The van der Waals surface area contributed by atoms with E-state index in [2.05, 4.69) is 10.2 Å². The van der Waals surface area contributed by atoms with Gasteiger partial charge in [-0.05, 0) is 19.9 Å². The zero-order chi connectivity index (χ0) is 15.5. The Morgan fingerprint density at radius 2 is 2.19 bits per heavy atom. The largest absolute Gasteiger partial charge is 0.481 e. The van der Waals surface area contributed by atoms with Gasteiger partial charge in [0.15, 0.2) is 0 Å². The summed E-state index contributed by atoms with van der Waals surface area (Å²) in [6.45, 7) is 5.50. The maximum absolute atomic E-state index is 12.1. The van der Waals surface area contributed by atoms with Gasteiger partial charge in [-0.3, -0.25) is 4.79 Å². The number of hydrogen-bond donors (Lipinski definition) is 2. The third kappa shape index (κ3) is 3.65. The number of likely N-dealkylation sites (N-methyl/N-ethyl adjacent to an activating group) is 1. The molecular weight excluding hydrogens is 274 g/mol. The number of rotatable bonds is 4. The second-order valence-corrected chi connectivity index (χ2v) is 6.05. The van der Waals surface area contributed by atoms with Crippen LogP contribution in [0.5, 0.6) is 0 Å². The molecule has 0 aliphatic carbocycles. The van der Waals surface area contributed by atoms with Crippen LogP contribution in [0.25, 0.3) is 0 Å². The number of urea groups is 1. The van der Waals surface area contributed by atoms with Crippen LogP contribution in [0.3, 0.4) is 0 Å². The predicted octanol–water partition coefficient (Wildman–Crippen LogP) is 0.213. The molecular formula is C14H25N3O4. The fraction of sp³-hybridized carbons (Fsp3) is 0.857. The van der Waals surface area contributed by atoms with Gasteiger partial charge in [0, 0.05) is 32.7 Å². The quantitative estimate of drug-likeness (QED) is 0.775. The number of amides is 2. The molecule has 0 bridgehead atoms. The molecule has 0 aromatic rings. The number of aliphatic carboxylic acids is 1. The van der Waals surface area contributed by atoms with Crippen molar-refractivity contribution in [1.82, 2.24) is 15.1 Å². The van der Waals surface area contributed by atoms with Gasteiger partial charge in [-0.2, -0.15) is 0 Å². The minimum Gasteiger partial charge on any atom is -0.481 e. The first-order chi connectivity index (χ1) is 9.97. The standard InChI is InChI=1S/C14H25N3O4/c1-3-14(12(18)19)4-5-17(10-14)13(20)15-8-11-9-16(2)6-7-21-11/h11H,3-10H2,1-2H3,(H,15,20)(H,18,19). The Kier molecular flexibility index (Phi) is 5.05. The highest BCUT2D eigenvalue weighted by molar-refractivity contribution is 5.79. The first-order valence-corrected chi connectivity index (χ1v) is 7.53. The second kappa shape index (κ2) is 6.62. The molecule has 0 spiro atoms. The normalized spacial score (nSPS) is 30.4. The van der Waals surface area contributed by atoms with E-state index in [1.807, 2.05) is 14.0 Å². The summed E-state index contributed by atoms with van der Waals surface area (Å²) in [5.74, 6) is -0.808. The average molecular weight is 299 g/mol. The second-order valence-electron chi connectivity index (χ2n) is 6.05. The van der Waals surface area contributed by atoms with E-state index in [-0.39, 0.29) is 18.7 Å². The van der Waals surface area contributed by atoms with E-state index < -0.39 is 11.4 Å². The van der Waals surface area contributed by atoms with Gasteiger partial charge < -0.3 is 25.0 Å². The Morgan fingerprint density at radius 1 is 1.43 bits per heavy atom. The van der Waals surface area contributed by atoms with Crippen molar-refractivity contribution in [1.29, 1.82) is 0 Å². The summed E-state index contributed by atoms with van der Waals surface area (Å²) in [5.41, 5.74) is -0.779. The van der Waals surface area contributed by atoms with E-state index in [0.717, 1.165) is 13.1 Å². The summed E-state index contributed by atoms with van der Waals surface area (Å²) in [7, 11) is 2.03. The number of morpholine rings is 1. The summed E-state index contributed by atoms with van der Waals surface area (Å²) in [6, 6.07) is -0.191. The van der Waals surface area contributed by atoms with Gasteiger partial charge in [0.2, 0.25) is 0 Å². The van der Waals surface area contributed by atoms with Crippen LogP contribution in [0.2, 0.25) is 0 Å². The number of hydrogen-bond acceptors (Lipinski definition) is 4. The van der Waals surface area contributed by atoms with Crippen LogP contribution in [0.4, 0.5) is 4.79 Å². The smallest absolute Gasteiger partial charge is 0.317 e. The highest BCUT2D eigenvalue weighted by Gasteiger charge is 2.44. The molecule has 2 N–H and O–H groups in total. The lowest BCUT2D eigenvalue weighted by Gasteiger charge is -2.30. The summed E-state index contributed by atoms with van der Waals surface area (Å²) in [4.78, 5) is 27.3.